The van der Waals surface area contributed by atoms with Crippen molar-refractivity contribution in [2.24, 2.45) is 0 Å². The van der Waals surface area contributed by atoms with Gasteiger partial charge in [0, 0.05) is 54.7 Å². The normalized spacial score (nSPS) is 14.8. The van der Waals surface area contributed by atoms with E-state index in [1.807, 2.05) is 13.0 Å². The number of hydrogen-bond donors (Lipinski definition) is 4. The number of nitrogens with one attached hydrogen (secondary N) is 4. The van der Waals surface area contributed by atoms with Crippen molar-refractivity contribution in [3.63, 3.8) is 0 Å². The second kappa shape index (κ2) is 11.1. The average molecular weight is 528 g/mol. The molecule has 1 aromatic carbocycles. The predicted molar refractivity (Wildman–Crippen MR) is 138 cm³/mol. The molecule has 13 heteroatoms. The van der Waals surface area contributed by atoms with Crippen LogP contribution in [0.2, 0.25) is 0 Å². The number of rotatable bonds is 7. The molecule has 0 saturated carbocycles. The number of carbonyl (C=O) groups is 4. The summed E-state index contributed by atoms with van der Waals surface area (Å²) in [5.74, 6) is -1.09. The molecule has 1 aliphatic rings. The largest absolute Gasteiger partial charge is 0.450 e. The van der Waals surface area contributed by atoms with Gasteiger partial charge in [-0.15, -0.1) is 11.3 Å². The molecule has 0 fully saturated rings. The summed E-state index contributed by atoms with van der Waals surface area (Å²) in [4.78, 5) is 57.4. The Morgan fingerprint density at radius 1 is 1.22 bits per heavy atom. The molecule has 0 bridgehead atoms. The maximum absolute atomic E-state index is 13.0. The summed E-state index contributed by atoms with van der Waals surface area (Å²) in [6, 6.07) is 4.65. The summed E-state index contributed by atoms with van der Waals surface area (Å²) in [6.45, 7) is 4.60. The van der Waals surface area contributed by atoms with Gasteiger partial charge in [-0.2, -0.15) is 0 Å². The quantitative estimate of drug-likeness (QED) is 0.342. The summed E-state index contributed by atoms with van der Waals surface area (Å²) in [5, 5.41) is 14.1. The Labute approximate surface area is 217 Å². The lowest BCUT2D eigenvalue weighted by molar-refractivity contribution is -0.122. The topological polar surface area (TPSA) is 149 Å². The van der Waals surface area contributed by atoms with Crippen molar-refractivity contribution in [1.29, 1.82) is 0 Å². The summed E-state index contributed by atoms with van der Waals surface area (Å²) in [6.07, 6.45) is -0.446. The summed E-state index contributed by atoms with van der Waals surface area (Å²) in [5.41, 5.74) is 3.31. The highest BCUT2D eigenvalue weighted by Gasteiger charge is 2.28. The third-order valence-electron chi connectivity index (χ3n) is 5.97. The number of benzene rings is 1. The van der Waals surface area contributed by atoms with Crippen molar-refractivity contribution in [2.75, 3.05) is 32.6 Å². The fourth-order valence-corrected chi connectivity index (χ4v) is 4.89. The highest BCUT2D eigenvalue weighted by atomic mass is 32.1. The minimum atomic E-state index is -0.783. The van der Waals surface area contributed by atoms with Gasteiger partial charge in [-0.3, -0.25) is 35.3 Å². The van der Waals surface area contributed by atoms with Crippen molar-refractivity contribution in [1.82, 2.24) is 30.6 Å². The van der Waals surface area contributed by atoms with E-state index in [0.29, 0.717) is 30.2 Å². The molecule has 0 radical (unpaired) electrons. The lowest BCUT2D eigenvalue weighted by atomic mass is 9.97. The van der Waals surface area contributed by atoms with Crippen LogP contribution in [0.15, 0.2) is 23.6 Å². The van der Waals surface area contributed by atoms with Gasteiger partial charge in [-0.25, -0.2) is 14.8 Å². The number of anilines is 1. The van der Waals surface area contributed by atoms with Crippen LogP contribution in [0.1, 0.15) is 46.0 Å². The van der Waals surface area contributed by atoms with Gasteiger partial charge in [0.1, 0.15) is 5.69 Å². The van der Waals surface area contributed by atoms with Crippen LogP contribution >= 0.6 is 11.3 Å². The number of hydrazine groups is 1. The number of carbonyl (C=O) groups excluding carboxylic acids is 4. The summed E-state index contributed by atoms with van der Waals surface area (Å²) in [7, 11) is 3.55. The zero-order valence-corrected chi connectivity index (χ0v) is 21.8. The first-order chi connectivity index (χ1) is 17.7. The third-order valence-corrected chi connectivity index (χ3v) is 6.73. The number of aromatic nitrogens is 2. The molecule has 4 N–H and O–H groups in total. The number of ether oxygens (including phenoxy) is 1. The standard InChI is InChI=1S/C24H29N7O5S/c1-5-31(30(3)4)22(34)19-12-37-23(27-19)28-20(32)13-7-8-16-14(9-13)15-10-17(25-11-18(15)26-16)21(33)29-24(35)36-6-2/h7-9,12,17,25-26H,5-6,10-11H2,1-4H3,(H,27,28,32)(H,29,33,35). The second-order valence-electron chi connectivity index (χ2n) is 8.55. The molecule has 1 aliphatic heterocycles. The van der Waals surface area contributed by atoms with Crippen molar-refractivity contribution in [2.45, 2.75) is 32.9 Å². The van der Waals surface area contributed by atoms with Gasteiger partial charge < -0.3 is 9.72 Å². The van der Waals surface area contributed by atoms with E-state index in [4.69, 9.17) is 4.74 Å². The fourth-order valence-electron chi connectivity index (χ4n) is 4.21. The number of imide groups is 1. The number of hydrogen-bond acceptors (Lipinski definition) is 9. The average Bonchev–Trinajstić information content (AvgIpc) is 3.47. The number of amides is 4. The molecular weight excluding hydrogens is 498 g/mol. The number of nitrogens with zero attached hydrogens (tertiary/aromatic N) is 3. The monoisotopic (exact) mass is 527 g/mol. The molecule has 0 saturated heterocycles. The zero-order valence-electron chi connectivity index (χ0n) is 21.0. The minimum absolute atomic E-state index is 0.167. The highest BCUT2D eigenvalue weighted by molar-refractivity contribution is 7.14. The van der Waals surface area contributed by atoms with Crippen LogP contribution < -0.4 is 16.0 Å². The fraction of sp³-hybridized carbons (Fsp3) is 0.375. The van der Waals surface area contributed by atoms with E-state index in [-0.39, 0.29) is 24.1 Å². The molecule has 4 rings (SSSR count). The van der Waals surface area contributed by atoms with Crippen LogP contribution in [0.5, 0.6) is 0 Å². The molecule has 2 aromatic heterocycles. The highest BCUT2D eigenvalue weighted by Crippen LogP contribution is 2.28. The van der Waals surface area contributed by atoms with E-state index >= 15 is 0 Å². The predicted octanol–water partition coefficient (Wildman–Crippen LogP) is 2.10. The van der Waals surface area contributed by atoms with Crippen molar-refractivity contribution < 1.29 is 23.9 Å². The Morgan fingerprint density at radius 3 is 2.70 bits per heavy atom. The number of H-pyrrole nitrogens is 1. The van der Waals surface area contributed by atoms with E-state index in [1.54, 1.807) is 48.5 Å². The maximum atomic E-state index is 13.0. The number of thiazole rings is 1. The Kier molecular flexibility index (Phi) is 7.86. The van der Waals surface area contributed by atoms with Crippen LogP contribution in [0.4, 0.5) is 9.93 Å². The van der Waals surface area contributed by atoms with Crippen LogP contribution in [-0.4, -0.2) is 77.1 Å². The molecule has 12 nitrogen and oxygen atoms in total. The molecule has 3 heterocycles. The van der Waals surface area contributed by atoms with Gasteiger partial charge in [0.2, 0.25) is 5.91 Å². The van der Waals surface area contributed by atoms with Gasteiger partial charge >= 0.3 is 6.09 Å². The number of alkyl carbamates (subject to hydrolysis) is 1. The molecule has 0 spiro atoms. The first kappa shape index (κ1) is 26.3. The van der Waals surface area contributed by atoms with Gasteiger partial charge in [0.25, 0.3) is 11.8 Å². The Bertz CT molecular complexity index is 1350. The molecule has 37 heavy (non-hydrogen) atoms. The molecule has 1 atom stereocenters. The summed E-state index contributed by atoms with van der Waals surface area (Å²) < 4.78 is 4.78. The van der Waals surface area contributed by atoms with Gasteiger partial charge in [0.15, 0.2) is 5.13 Å². The van der Waals surface area contributed by atoms with E-state index in [1.165, 1.54) is 11.3 Å². The Balaban J connectivity index is 1.49. The molecule has 3 aromatic rings. The lowest BCUT2D eigenvalue weighted by Gasteiger charge is -2.26. The van der Waals surface area contributed by atoms with E-state index in [9.17, 15) is 19.2 Å². The Hall–Kier alpha value is -3.81. The van der Waals surface area contributed by atoms with Crippen molar-refractivity contribution in [3.8, 4) is 0 Å². The van der Waals surface area contributed by atoms with E-state index in [2.05, 4.69) is 25.9 Å². The molecule has 0 aliphatic carbocycles. The third kappa shape index (κ3) is 5.63. The van der Waals surface area contributed by atoms with Crippen LogP contribution in [0.25, 0.3) is 10.9 Å². The molecule has 1 unspecified atom stereocenters. The SMILES string of the molecule is CCOC(=O)NC(=O)C1Cc2c([nH]c3ccc(C(=O)Nc4nc(C(=O)N(CC)N(C)C)cs4)cc23)CN1. The first-order valence-electron chi connectivity index (χ1n) is 11.8. The summed E-state index contributed by atoms with van der Waals surface area (Å²) >= 11 is 1.17. The first-order valence-corrected chi connectivity index (χ1v) is 12.7. The molecule has 196 valence electrons. The zero-order chi connectivity index (χ0) is 26.7. The lowest BCUT2D eigenvalue weighted by Crippen LogP contribution is -2.49. The number of fused-ring (bicyclic) bond motifs is 3. The van der Waals surface area contributed by atoms with Crippen molar-refractivity contribution >= 4 is 51.2 Å². The maximum Gasteiger partial charge on any atom is 0.413 e. The van der Waals surface area contributed by atoms with Gasteiger partial charge in [0.05, 0.1) is 12.6 Å². The smallest absolute Gasteiger partial charge is 0.413 e. The Morgan fingerprint density at radius 2 is 2.00 bits per heavy atom. The van der Waals surface area contributed by atoms with Crippen molar-refractivity contribution in [3.05, 3.63) is 46.1 Å². The van der Waals surface area contributed by atoms with Crippen LogP contribution in [0, 0.1) is 0 Å². The van der Waals surface area contributed by atoms with Gasteiger partial charge in [-0.1, -0.05) is 0 Å². The van der Waals surface area contributed by atoms with Gasteiger partial charge in [-0.05, 0) is 44.0 Å². The minimum Gasteiger partial charge on any atom is -0.450 e. The van der Waals surface area contributed by atoms with Crippen LogP contribution in [-0.2, 0) is 22.5 Å². The van der Waals surface area contributed by atoms with E-state index < -0.39 is 18.0 Å². The molecule has 4 amide bonds. The molecular formula is C24H29N7O5S. The van der Waals surface area contributed by atoms with E-state index in [0.717, 1.165) is 22.2 Å². The van der Waals surface area contributed by atoms with Crippen LogP contribution in [0.3, 0.4) is 0 Å². The number of aromatic amines is 1. The second-order valence-corrected chi connectivity index (χ2v) is 9.41.